The lowest BCUT2D eigenvalue weighted by Gasteiger charge is -2.10. The van der Waals surface area contributed by atoms with Crippen LogP contribution in [0.2, 0.25) is 0 Å². The van der Waals surface area contributed by atoms with E-state index in [0.717, 1.165) is 28.2 Å². The van der Waals surface area contributed by atoms with Gasteiger partial charge in [0.15, 0.2) is 0 Å². The van der Waals surface area contributed by atoms with Crippen molar-refractivity contribution in [2.24, 2.45) is 0 Å². The summed E-state index contributed by atoms with van der Waals surface area (Å²) in [4.78, 5) is 4.26. The fraction of sp³-hybridized carbons (Fsp3) is 0.154. The number of hydrogen-bond acceptors (Lipinski definition) is 4. The lowest BCUT2D eigenvalue weighted by atomic mass is 10.1. The first-order valence-electron chi connectivity index (χ1n) is 5.70. The highest BCUT2D eigenvalue weighted by Crippen LogP contribution is 2.25. The van der Waals surface area contributed by atoms with Crippen molar-refractivity contribution in [1.29, 1.82) is 0 Å². The van der Waals surface area contributed by atoms with Gasteiger partial charge in [-0.2, -0.15) is 0 Å². The highest BCUT2D eigenvalue weighted by Gasteiger charge is 2.12. The minimum atomic E-state index is 0.481. The van der Waals surface area contributed by atoms with Crippen molar-refractivity contribution in [2.75, 3.05) is 5.73 Å². The molecule has 0 amide bonds. The van der Waals surface area contributed by atoms with E-state index in [1.165, 1.54) is 0 Å². The van der Waals surface area contributed by atoms with Gasteiger partial charge in [0.05, 0.1) is 5.69 Å². The molecule has 0 spiro atoms. The van der Waals surface area contributed by atoms with E-state index in [1.807, 2.05) is 42.6 Å². The van der Waals surface area contributed by atoms with Crippen LogP contribution in [0.5, 0.6) is 0 Å². The zero-order valence-corrected chi connectivity index (χ0v) is 10.3. The molecule has 5 heteroatoms. The third kappa shape index (κ3) is 1.44. The number of nitrogens with two attached hydrogens (primary N) is 1. The molecule has 0 aliphatic carbocycles. The lowest BCUT2D eigenvalue weighted by Crippen LogP contribution is -2.04. The van der Waals surface area contributed by atoms with Crippen LogP contribution in [0.3, 0.4) is 0 Å². The SMILES string of the molecule is Cc1c(N)nnc(-c2cccc3nccn23)c1C. The summed E-state index contributed by atoms with van der Waals surface area (Å²) in [6.07, 6.45) is 3.68. The zero-order chi connectivity index (χ0) is 12.7. The van der Waals surface area contributed by atoms with Gasteiger partial charge in [-0.05, 0) is 37.1 Å². The highest BCUT2D eigenvalue weighted by molar-refractivity contribution is 5.65. The minimum Gasteiger partial charge on any atom is -0.382 e. The van der Waals surface area contributed by atoms with Crippen molar-refractivity contribution in [3.63, 3.8) is 0 Å². The average molecular weight is 239 g/mol. The minimum absolute atomic E-state index is 0.481. The van der Waals surface area contributed by atoms with Crippen LogP contribution in [-0.2, 0) is 0 Å². The number of nitrogen functional groups attached to an aromatic ring is 1. The molecule has 2 N–H and O–H groups in total. The molecule has 0 radical (unpaired) electrons. The van der Waals surface area contributed by atoms with Crippen molar-refractivity contribution in [3.05, 3.63) is 41.7 Å². The van der Waals surface area contributed by atoms with Crippen LogP contribution in [-0.4, -0.2) is 19.6 Å². The first kappa shape index (κ1) is 10.7. The van der Waals surface area contributed by atoms with Crippen LogP contribution in [0.25, 0.3) is 17.0 Å². The first-order chi connectivity index (χ1) is 8.68. The van der Waals surface area contributed by atoms with E-state index in [-0.39, 0.29) is 0 Å². The van der Waals surface area contributed by atoms with E-state index >= 15 is 0 Å². The molecule has 0 fully saturated rings. The van der Waals surface area contributed by atoms with E-state index in [2.05, 4.69) is 15.2 Å². The molecule has 0 aromatic carbocycles. The number of pyridine rings is 1. The topological polar surface area (TPSA) is 69.1 Å². The summed E-state index contributed by atoms with van der Waals surface area (Å²) in [6.45, 7) is 3.96. The Morgan fingerprint density at radius 3 is 2.78 bits per heavy atom. The van der Waals surface area contributed by atoms with Crippen LogP contribution in [0.4, 0.5) is 5.82 Å². The van der Waals surface area contributed by atoms with Gasteiger partial charge in [0, 0.05) is 12.4 Å². The quantitative estimate of drug-likeness (QED) is 0.705. The second-order valence-electron chi connectivity index (χ2n) is 4.25. The Morgan fingerprint density at radius 1 is 1.11 bits per heavy atom. The Bertz CT molecular complexity index is 729. The Labute approximate surface area is 104 Å². The highest BCUT2D eigenvalue weighted by atomic mass is 15.2. The summed E-state index contributed by atoms with van der Waals surface area (Å²) in [5, 5.41) is 8.22. The summed E-state index contributed by atoms with van der Waals surface area (Å²) in [6, 6.07) is 5.92. The molecule has 3 aromatic rings. The Hall–Kier alpha value is -2.43. The number of rotatable bonds is 1. The van der Waals surface area contributed by atoms with Crippen molar-refractivity contribution in [1.82, 2.24) is 19.6 Å². The lowest BCUT2D eigenvalue weighted by molar-refractivity contribution is 0.998. The molecule has 3 aromatic heterocycles. The van der Waals surface area contributed by atoms with Gasteiger partial charge >= 0.3 is 0 Å². The van der Waals surface area contributed by atoms with Crippen LogP contribution in [0.15, 0.2) is 30.6 Å². The molecule has 0 bridgehead atoms. The van der Waals surface area contributed by atoms with E-state index in [9.17, 15) is 0 Å². The number of anilines is 1. The molecule has 90 valence electrons. The van der Waals surface area contributed by atoms with Crippen molar-refractivity contribution < 1.29 is 0 Å². The third-order valence-electron chi connectivity index (χ3n) is 3.23. The van der Waals surface area contributed by atoms with Crippen LogP contribution in [0.1, 0.15) is 11.1 Å². The molecule has 0 aliphatic rings. The normalized spacial score (nSPS) is 11.0. The van der Waals surface area contributed by atoms with Gasteiger partial charge in [0.25, 0.3) is 0 Å². The zero-order valence-electron chi connectivity index (χ0n) is 10.3. The van der Waals surface area contributed by atoms with Crippen LogP contribution in [0, 0.1) is 13.8 Å². The van der Waals surface area contributed by atoms with Gasteiger partial charge in [0.1, 0.15) is 17.2 Å². The second-order valence-corrected chi connectivity index (χ2v) is 4.25. The van der Waals surface area contributed by atoms with Crippen LogP contribution >= 0.6 is 0 Å². The summed E-state index contributed by atoms with van der Waals surface area (Å²) in [5.74, 6) is 0.481. The molecular formula is C13H13N5. The molecule has 18 heavy (non-hydrogen) atoms. The fourth-order valence-corrected chi connectivity index (χ4v) is 2.01. The molecule has 0 saturated heterocycles. The molecular weight excluding hydrogens is 226 g/mol. The largest absolute Gasteiger partial charge is 0.382 e. The number of fused-ring (bicyclic) bond motifs is 1. The predicted molar refractivity (Wildman–Crippen MR) is 70.1 cm³/mol. The number of nitrogens with zero attached hydrogens (tertiary/aromatic N) is 4. The van der Waals surface area contributed by atoms with Gasteiger partial charge in [0.2, 0.25) is 0 Å². The van der Waals surface area contributed by atoms with Gasteiger partial charge in [-0.25, -0.2) is 4.98 Å². The molecule has 3 rings (SSSR count). The monoisotopic (exact) mass is 239 g/mol. The van der Waals surface area contributed by atoms with Gasteiger partial charge < -0.3 is 5.73 Å². The van der Waals surface area contributed by atoms with Crippen molar-refractivity contribution >= 4 is 11.5 Å². The maximum Gasteiger partial charge on any atom is 0.149 e. The molecule has 0 saturated carbocycles. The van der Waals surface area contributed by atoms with E-state index in [1.54, 1.807) is 6.20 Å². The maximum atomic E-state index is 5.77. The summed E-state index contributed by atoms with van der Waals surface area (Å²) in [5.41, 5.74) is 10.5. The predicted octanol–water partition coefficient (Wildman–Crippen LogP) is 1.99. The molecule has 0 aliphatic heterocycles. The second kappa shape index (κ2) is 3.80. The van der Waals surface area contributed by atoms with E-state index in [4.69, 9.17) is 5.73 Å². The first-order valence-corrected chi connectivity index (χ1v) is 5.70. The van der Waals surface area contributed by atoms with E-state index < -0.39 is 0 Å². The standard InChI is InChI=1S/C13H13N5/c1-8-9(2)13(14)17-16-12(8)10-4-3-5-11-15-6-7-18(10)11/h3-7H,1-2H3,(H2,14,17). The van der Waals surface area contributed by atoms with Gasteiger partial charge in [-0.3, -0.25) is 4.40 Å². The molecule has 5 nitrogen and oxygen atoms in total. The molecule has 3 heterocycles. The number of imidazole rings is 1. The van der Waals surface area contributed by atoms with Gasteiger partial charge in [-0.15, -0.1) is 10.2 Å². The van der Waals surface area contributed by atoms with Gasteiger partial charge in [-0.1, -0.05) is 6.07 Å². The van der Waals surface area contributed by atoms with Crippen molar-refractivity contribution in [2.45, 2.75) is 13.8 Å². The Morgan fingerprint density at radius 2 is 1.94 bits per heavy atom. The summed E-state index contributed by atoms with van der Waals surface area (Å²) >= 11 is 0. The summed E-state index contributed by atoms with van der Waals surface area (Å²) < 4.78 is 1.99. The smallest absolute Gasteiger partial charge is 0.149 e. The molecule has 0 unspecified atom stereocenters. The van der Waals surface area contributed by atoms with Crippen molar-refractivity contribution in [3.8, 4) is 11.4 Å². The maximum absolute atomic E-state index is 5.77. The Balaban J connectivity index is 2.33. The summed E-state index contributed by atoms with van der Waals surface area (Å²) in [7, 11) is 0. The molecule has 0 atom stereocenters. The van der Waals surface area contributed by atoms with E-state index in [0.29, 0.717) is 5.82 Å². The Kier molecular flexibility index (Phi) is 2.26. The fourth-order valence-electron chi connectivity index (χ4n) is 2.01. The van der Waals surface area contributed by atoms with Crippen LogP contribution < -0.4 is 5.73 Å². The number of aromatic nitrogens is 4. The number of hydrogen-bond donors (Lipinski definition) is 1. The third-order valence-corrected chi connectivity index (χ3v) is 3.23. The average Bonchev–Trinajstić information content (AvgIpc) is 2.84.